The molecule has 1 unspecified atom stereocenters. The van der Waals surface area contributed by atoms with E-state index in [2.05, 4.69) is 15.1 Å². The highest BCUT2D eigenvalue weighted by atomic mass is 17.1. The van der Waals surface area contributed by atoms with Crippen LogP contribution in [0.25, 0.3) is 0 Å². The van der Waals surface area contributed by atoms with E-state index in [0.717, 1.165) is 0 Å². The van der Waals surface area contributed by atoms with E-state index in [4.69, 9.17) is 5.26 Å². The van der Waals surface area contributed by atoms with Crippen LogP contribution in [0.5, 0.6) is 0 Å². The molecule has 84 valence electrons. The first-order chi connectivity index (χ1) is 6.18. The van der Waals surface area contributed by atoms with Crippen molar-refractivity contribution in [1.29, 1.82) is 0 Å². The number of hydrogen-bond acceptors (Lipinski definition) is 4. The van der Waals surface area contributed by atoms with E-state index in [1.807, 2.05) is 34.6 Å². The fraction of sp³-hybridized carbons (Fsp3) is 1.00. The number of hydrogen-bond donors (Lipinski definition) is 1. The standard InChI is InChI=1S/C10H22N2O2/c1-8(2)7-10(6,14-13)12-11-9(3,4)5/h8,13H,7H2,1-6H3/b12-11+. The van der Waals surface area contributed by atoms with Gasteiger partial charge in [0.15, 0.2) is 0 Å². The number of nitrogens with zero attached hydrogens (tertiary/aromatic N) is 2. The molecule has 0 saturated carbocycles. The van der Waals surface area contributed by atoms with Crippen LogP contribution in [0.2, 0.25) is 0 Å². The van der Waals surface area contributed by atoms with Gasteiger partial charge in [0.25, 0.3) is 0 Å². The molecule has 0 heterocycles. The summed E-state index contributed by atoms with van der Waals surface area (Å²) in [6, 6.07) is 0. The van der Waals surface area contributed by atoms with E-state index in [-0.39, 0.29) is 5.54 Å². The summed E-state index contributed by atoms with van der Waals surface area (Å²) in [5, 5.41) is 16.9. The molecule has 4 heteroatoms. The minimum Gasteiger partial charge on any atom is -0.249 e. The van der Waals surface area contributed by atoms with Gasteiger partial charge in [0.05, 0.1) is 5.54 Å². The maximum Gasteiger partial charge on any atom is 0.209 e. The lowest BCUT2D eigenvalue weighted by Gasteiger charge is -2.23. The molecule has 0 aromatic rings. The SMILES string of the molecule is CC(C)CC(C)(/N=N/C(C)(C)C)OO. The summed E-state index contributed by atoms with van der Waals surface area (Å²) < 4.78 is 0. The predicted octanol–water partition coefficient (Wildman–Crippen LogP) is 3.49. The van der Waals surface area contributed by atoms with Crippen LogP contribution in [-0.4, -0.2) is 16.5 Å². The summed E-state index contributed by atoms with van der Waals surface area (Å²) in [5.41, 5.74) is -1.15. The average molecular weight is 202 g/mol. The van der Waals surface area contributed by atoms with Crippen molar-refractivity contribution in [3.8, 4) is 0 Å². The summed E-state index contributed by atoms with van der Waals surface area (Å²) in [6.45, 7) is 11.7. The van der Waals surface area contributed by atoms with E-state index in [1.165, 1.54) is 0 Å². The van der Waals surface area contributed by atoms with Gasteiger partial charge in [0.2, 0.25) is 5.72 Å². The summed E-state index contributed by atoms with van der Waals surface area (Å²) in [7, 11) is 0. The molecule has 0 aromatic carbocycles. The first-order valence-corrected chi connectivity index (χ1v) is 4.95. The molecule has 14 heavy (non-hydrogen) atoms. The molecule has 0 saturated heterocycles. The molecule has 0 aliphatic rings. The molecule has 0 fully saturated rings. The lowest BCUT2D eigenvalue weighted by atomic mass is 10.0. The maximum absolute atomic E-state index is 8.78. The molecular formula is C10H22N2O2. The fourth-order valence-electron chi connectivity index (χ4n) is 1.11. The van der Waals surface area contributed by atoms with Crippen LogP contribution in [0, 0.1) is 5.92 Å². The van der Waals surface area contributed by atoms with Crippen molar-refractivity contribution < 1.29 is 10.1 Å². The lowest BCUT2D eigenvalue weighted by Crippen LogP contribution is -2.27. The monoisotopic (exact) mass is 202 g/mol. The average Bonchev–Trinajstić information content (AvgIpc) is 1.99. The Kier molecular flexibility index (Phi) is 4.68. The van der Waals surface area contributed by atoms with Gasteiger partial charge in [0, 0.05) is 6.42 Å². The maximum atomic E-state index is 8.78. The largest absolute Gasteiger partial charge is 0.249 e. The minimum absolute atomic E-state index is 0.239. The van der Waals surface area contributed by atoms with E-state index < -0.39 is 5.72 Å². The molecule has 4 nitrogen and oxygen atoms in total. The molecule has 1 N–H and O–H groups in total. The Balaban J connectivity index is 4.47. The molecule has 0 aliphatic heterocycles. The van der Waals surface area contributed by atoms with Crippen molar-refractivity contribution in [2.75, 3.05) is 0 Å². The normalized spacial score (nSPS) is 17.7. The fourth-order valence-corrected chi connectivity index (χ4v) is 1.11. The Bertz CT molecular complexity index is 197. The molecule has 0 aromatic heterocycles. The zero-order valence-electron chi connectivity index (χ0n) is 10.0. The van der Waals surface area contributed by atoms with Gasteiger partial charge in [-0.3, -0.25) is 0 Å². The molecule has 0 spiro atoms. The summed E-state index contributed by atoms with van der Waals surface area (Å²) in [4.78, 5) is 4.38. The van der Waals surface area contributed by atoms with Gasteiger partial charge in [-0.25, -0.2) is 10.1 Å². The van der Waals surface area contributed by atoms with Gasteiger partial charge < -0.3 is 0 Å². The molecule has 0 amide bonds. The lowest BCUT2D eigenvalue weighted by molar-refractivity contribution is -0.321. The molecule has 1 atom stereocenters. The summed E-state index contributed by atoms with van der Waals surface area (Å²) >= 11 is 0. The van der Waals surface area contributed by atoms with Gasteiger partial charge in [-0.15, -0.1) is 0 Å². The van der Waals surface area contributed by atoms with Crippen molar-refractivity contribution in [3.05, 3.63) is 0 Å². The summed E-state index contributed by atoms with van der Waals surface area (Å²) in [6.07, 6.45) is 0.642. The van der Waals surface area contributed by atoms with E-state index in [1.54, 1.807) is 6.92 Å². The molecular weight excluding hydrogens is 180 g/mol. The predicted molar refractivity (Wildman–Crippen MR) is 56.2 cm³/mol. The Hall–Kier alpha value is -0.480. The zero-order chi connectivity index (χ0) is 11.4. The highest BCUT2D eigenvalue weighted by Gasteiger charge is 2.27. The third kappa shape index (κ3) is 6.05. The van der Waals surface area contributed by atoms with Gasteiger partial charge in [0.1, 0.15) is 0 Å². The van der Waals surface area contributed by atoms with Crippen LogP contribution in [0.4, 0.5) is 0 Å². The molecule has 0 radical (unpaired) electrons. The Morgan fingerprint density at radius 3 is 1.93 bits per heavy atom. The second-order valence-electron chi connectivity index (χ2n) is 5.24. The van der Waals surface area contributed by atoms with Crippen molar-refractivity contribution in [2.24, 2.45) is 16.1 Å². The van der Waals surface area contributed by atoms with Crippen LogP contribution < -0.4 is 0 Å². The highest BCUT2D eigenvalue weighted by molar-refractivity contribution is 4.74. The van der Waals surface area contributed by atoms with Gasteiger partial charge in [-0.2, -0.15) is 10.2 Å². The smallest absolute Gasteiger partial charge is 0.209 e. The van der Waals surface area contributed by atoms with Gasteiger partial charge in [-0.05, 0) is 33.6 Å². The third-order valence-electron chi connectivity index (χ3n) is 1.55. The zero-order valence-corrected chi connectivity index (χ0v) is 10.0. The molecule has 0 rings (SSSR count). The Morgan fingerprint density at radius 2 is 1.64 bits per heavy atom. The van der Waals surface area contributed by atoms with Gasteiger partial charge >= 0.3 is 0 Å². The molecule has 0 bridgehead atoms. The van der Waals surface area contributed by atoms with Gasteiger partial charge in [-0.1, -0.05) is 13.8 Å². The van der Waals surface area contributed by atoms with Crippen LogP contribution in [0.3, 0.4) is 0 Å². The van der Waals surface area contributed by atoms with Crippen molar-refractivity contribution in [3.63, 3.8) is 0 Å². The number of azo groups is 1. The van der Waals surface area contributed by atoms with Crippen molar-refractivity contribution >= 4 is 0 Å². The topological polar surface area (TPSA) is 54.2 Å². The Morgan fingerprint density at radius 1 is 1.14 bits per heavy atom. The van der Waals surface area contributed by atoms with Crippen LogP contribution >= 0.6 is 0 Å². The highest BCUT2D eigenvalue weighted by Crippen LogP contribution is 2.23. The quantitative estimate of drug-likeness (QED) is 0.431. The van der Waals surface area contributed by atoms with E-state index in [9.17, 15) is 0 Å². The van der Waals surface area contributed by atoms with E-state index >= 15 is 0 Å². The van der Waals surface area contributed by atoms with Crippen molar-refractivity contribution in [2.45, 2.75) is 59.2 Å². The Labute approximate surface area is 86.3 Å². The second kappa shape index (κ2) is 4.84. The second-order valence-corrected chi connectivity index (χ2v) is 5.24. The minimum atomic E-state index is -0.915. The van der Waals surface area contributed by atoms with Crippen LogP contribution in [0.1, 0.15) is 48.0 Å². The van der Waals surface area contributed by atoms with Crippen LogP contribution in [-0.2, 0) is 4.89 Å². The summed E-state index contributed by atoms with van der Waals surface area (Å²) in [5.74, 6) is 0.395. The molecule has 0 aliphatic carbocycles. The first-order valence-electron chi connectivity index (χ1n) is 4.95. The third-order valence-corrected chi connectivity index (χ3v) is 1.55. The van der Waals surface area contributed by atoms with Crippen molar-refractivity contribution in [1.82, 2.24) is 0 Å². The first kappa shape index (κ1) is 13.5. The number of rotatable bonds is 4. The van der Waals surface area contributed by atoms with E-state index in [0.29, 0.717) is 12.3 Å². The van der Waals surface area contributed by atoms with Crippen LogP contribution in [0.15, 0.2) is 10.2 Å².